The van der Waals surface area contributed by atoms with Crippen molar-refractivity contribution in [3.8, 4) is 5.75 Å². The average molecular weight is 277 g/mol. The molecule has 0 saturated carbocycles. The number of piperidine rings is 1. The summed E-state index contributed by atoms with van der Waals surface area (Å²) in [6.45, 7) is 7.46. The zero-order valence-electron chi connectivity index (χ0n) is 12.9. The summed E-state index contributed by atoms with van der Waals surface area (Å²) in [4.78, 5) is 2.39. The van der Waals surface area contributed by atoms with E-state index in [-0.39, 0.29) is 6.10 Å². The van der Waals surface area contributed by atoms with Crippen LogP contribution in [0.25, 0.3) is 0 Å². The summed E-state index contributed by atoms with van der Waals surface area (Å²) in [7, 11) is 2.19. The second-order valence-corrected chi connectivity index (χ2v) is 6.08. The lowest BCUT2D eigenvalue weighted by Crippen LogP contribution is -2.32. The number of hydrogen-bond acceptors (Lipinski definition) is 4. The van der Waals surface area contributed by atoms with Crippen molar-refractivity contribution in [3.05, 3.63) is 18.2 Å². The number of rotatable bonds is 5. The van der Waals surface area contributed by atoms with Gasteiger partial charge in [-0.15, -0.1) is 0 Å². The first-order chi connectivity index (χ1) is 9.52. The average Bonchev–Trinajstić information content (AvgIpc) is 2.36. The fourth-order valence-corrected chi connectivity index (χ4v) is 2.59. The van der Waals surface area contributed by atoms with Crippen LogP contribution >= 0.6 is 0 Å². The molecule has 4 heteroatoms. The van der Waals surface area contributed by atoms with E-state index in [9.17, 15) is 0 Å². The predicted molar refractivity (Wildman–Crippen MR) is 85.3 cm³/mol. The molecule has 0 unspecified atom stereocenters. The number of hydrogen-bond donors (Lipinski definition) is 2. The van der Waals surface area contributed by atoms with E-state index in [4.69, 9.17) is 10.5 Å². The molecule has 0 aliphatic carbocycles. The van der Waals surface area contributed by atoms with Crippen LogP contribution in [0.5, 0.6) is 5.75 Å². The molecular weight excluding hydrogens is 250 g/mol. The zero-order valence-corrected chi connectivity index (χ0v) is 12.9. The molecule has 1 aromatic carbocycles. The first-order valence-electron chi connectivity index (χ1n) is 7.52. The molecule has 0 spiro atoms. The maximum absolute atomic E-state index is 5.94. The van der Waals surface area contributed by atoms with Crippen molar-refractivity contribution in [2.75, 3.05) is 37.7 Å². The maximum Gasteiger partial charge on any atom is 0.123 e. The fraction of sp³-hybridized carbons (Fsp3) is 0.625. The van der Waals surface area contributed by atoms with Crippen LogP contribution in [0.15, 0.2) is 18.2 Å². The van der Waals surface area contributed by atoms with Gasteiger partial charge >= 0.3 is 0 Å². The topological polar surface area (TPSA) is 50.5 Å². The predicted octanol–water partition coefficient (Wildman–Crippen LogP) is 2.81. The highest BCUT2D eigenvalue weighted by Gasteiger charge is 2.16. The van der Waals surface area contributed by atoms with Crippen LogP contribution in [-0.4, -0.2) is 37.7 Å². The molecule has 3 N–H and O–H groups in total. The van der Waals surface area contributed by atoms with Gasteiger partial charge < -0.3 is 20.7 Å². The number of nitrogens with one attached hydrogen (secondary N) is 1. The Labute approximate surface area is 122 Å². The molecule has 0 aromatic heterocycles. The summed E-state index contributed by atoms with van der Waals surface area (Å²) >= 11 is 0. The number of ether oxygens (including phenoxy) is 1. The van der Waals surface area contributed by atoms with Crippen LogP contribution in [0, 0.1) is 5.92 Å². The lowest BCUT2D eigenvalue weighted by molar-refractivity contribution is 0.226. The van der Waals surface area contributed by atoms with Crippen LogP contribution in [0.4, 0.5) is 11.4 Å². The Morgan fingerprint density at radius 3 is 2.65 bits per heavy atom. The van der Waals surface area contributed by atoms with Gasteiger partial charge in [0.15, 0.2) is 0 Å². The van der Waals surface area contributed by atoms with Crippen molar-refractivity contribution in [1.82, 2.24) is 4.90 Å². The number of nitrogen functional groups attached to an aromatic ring is 1. The minimum Gasteiger partial charge on any atom is -0.491 e. The molecule has 112 valence electrons. The first kappa shape index (κ1) is 15.0. The van der Waals surface area contributed by atoms with E-state index >= 15 is 0 Å². The lowest BCUT2D eigenvalue weighted by Gasteiger charge is -2.29. The van der Waals surface area contributed by atoms with E-state index < -0.39 is 0 Å². The molecule has 1 heterocycles. The third-order valence-electron chi connectivity index (χ3n) is 3.73. The summed E-state index contributed by atoms with van der Waals surface area (Å²) in [5, 5.41) is 3.51. The van der Waals surface area contributed by atoms with E-state index in [0.29, 0.717) is 0 Å². The van der Waals surface area contributed by atoms with Gasteiger partial charge in [-0.05, 0) is 58.8 Å². The molecule has 1 fully saturated rings. The van der Waals surface area contributed by atoms with Crippen LogP contribution in [0.2, 0.25) is 0 Å². The maximum atomic E-state index is 5.94. The summed E-state index contributed by atoms with van der Waals surface area (Å²) in [5.41, 5.74) is 7.74. The molecule has 0 bridgehead atoms. The molecule has 0 atom stereocenters. The Morgan fingerprint density at radius 2 is 2.00 bits per heavy atom. The second kappa shape index (κ2) is 6.84. The van der Waals surface area contributed by atoms with Gasteiger partial charge in [0.1, 0.15) is 5.75 Å². The zero-order chi connectivity index (χ0) is 14.5. The number of nitrogens with two attached hydrogens (primary N) is 1. The second-order valence-electron chi connectivity index (χ2n) is 6.08. The van der Waals surface area contributed by atoms with Crippen molar-refractivity contribution in [2.45, 2.75) is 32.8 Å². The molecular formula is C16H27N3O. The number of benzene rings is 1. The van der Waals surface area contributed by atoms with Gasteiger partial charge in [-0.25, -0.2) is 0 Å². The summed E-state index contributed by atoms with van der Waals surface area (Å²) < 4.78 is 5.71. The minimum atomic E-state index is 0.165. The van der Waals surface area contributed by atoms with Gasteiger partial charge in [-0.3, -0.25) is 0 Å². The van der Waals surface area contributed by atoms with Crippen LogP contribution < -0.4 is 15.8 Å². The highest BCUT2D eigenvalue weighted by Crippen LogP contribution is 2.24. The van der Waals surface area contributed by atoms with Gasteiger partial charge in [0.05, 0.1) is 6.10 Å². The Hall–Kier alpha value is -1.42. The fourth-order valence-electron chi connectivity index (χ4n) is 2.59. The number of anilines is 2. The summed E-state index contributed by atoms with van der Waals surface area (Å²) in [6.07, 6.45) is 2.70. The first-order valence-corrected chi connectivity index (χ1v) is 7.52. The minimum absolute atomic E-state index is 0.165. The molecule has 1 aliphatic heterocycles. The number of nitrogens with zero attached hydrogens (tertiary/aromatic N) is 1. The van der Waals surface area contributed by atoms with Gasteiger partial charge in [0.25, 0.3) is 0 Å². The van der Waals surface area contributed by atoms with Crippen LogP contribution in [0.3, 0.4) is 0 Å². The largest absolute Gasteiger partial charge is 0.491 e. The van der Waals surface area contributed by atoms with Crippen molar-refractivity contribution < 1.29 is 4.74 Å². The SMILES string of the molecule is CC(C)Oc1cc(N)cc(NCC2CCN(C)CC2)c1. The molecule has 0 amide bonds. The Kier molecular flexibility index (Phi) is 5.12. The highest BCUT2D eigenvalue weighted by atomic mass is 16.5. The van der Waals surface area contributed by atoms with Gasteiger partial charge in [-0.2, -0.15) is 0 Å². The Morgan fingerprint density at radius 1 is 1.30 bits per heavy atom. The van der Waals surface area contributed by atoms with Gasteiger partial charge in [0.2, 0.25) is 0 Å². The third-order valence-corrected chi connectivity index (χ3v) is 3.73. The van der Waals surface area contributed by atoms with Crippen molar-refractivity contribution >= 4 is 11.4 Å². The smallest absolute Gasteiger partial charge is 0.123 e. The van der Waals surface area contributed by atoms with E-state index in [1.165, 1.54) is 25.9 Å². The van der Waals surface area contributed by atoms with Gasteiger partial charge in [0, 0.05) is 30.1 Å². The molecule has 1 saturated heterocycles. The van der Waals surface area contributed by atoms with E-state index in [2.05, 4.69) is 17.3 Å². The summed E-state index contributed by atoms with van der Waals surface area (Å²) in [5.74, 6) is 1.59. The molecule has 0 radical (unpaired) electrons. The molecule has 2 rings (SSSR count). The lowest BCUT2D eigenvalue weighted by atomic mass is 9.97. The summed E-state index contributed by atoms with van der Waals surface area (Å²) in [6, 6.07) is 5.88. The highest BCUT2D eigenvalue weighted by molar-refractivity contribution is 5.59. The van der Waals surface area contributed by atoms with Crippen molar-refractivity contribution in [2.24, 2.45) is 5.92 Å². The van der Waals surface area contributed by atoms with E-state index in [0.717, 1.165) is 29.6 Å². The molecule has 20 heavy (non-hydrogen) atoms. The van der Waals surface area contributed by atoms with E-state index in [1.54, 1.807) is 0 Å². The molecule has 4 nitrogen and oxygen atoms in total. The Balaban J connectivity index is 1.90. The quantitative estimate of drug-likeness (QED) is 0.813. The third kappa shape index (κ3) is 4.60. The normalized spacial score (nSPS) is 17.4. The van der Waals surface area contributed by atoms with Crippen molar-refractivity contribution in [3.63, 3.8) is 0 Å². The molecule has 1 aromatic rings. The van der Waals surface area contributed by atoms with Gasteiger partial charge in [-0.1, -0.05) is 0 Å². The Bertz CT molecular complexity index is 426. The van der Waals surface area contributed by atoms with Crippen LogP contribution in [-0.2, 0) is 0 Å². The van der Waals surface area contributed by atoms with Crippen LogP contribution in [0.1, 0.15) is 26.7 Å². The standard InChI is InChI=1S/C16H27N3O/c1-12(2)20-16-9-14(17)8-15(10-16)18-11-13-4-6-19(3)7-5-13/h8-10,12-13,18H,4-7,11,17H2,1-3H3. The number of likely N-dealkylation sites (tertiary alicyclic amines) is 1. The van der Waals surface area contributed by atoms with Crippen molar-refractivity contribution in [1.29, 1.82) is 0 Å². The van der Waals surface area contributed by atoms with E-state index in [1.807, 2.05) is 32.0 Å². The molecule has 1 aliphatic rings. The monoisotopic (exact) mass is 277 g/mol.